The Labute approximate surface area is 115 Å². The molecule has 0 spiro atoms. The van der Waals surface area contributed by atoms with Gasteiger partial charge in [-0.05, 0) is 6.07 Å². The van der Waals surface area contributed by atoms with Gasteiger partial charge in [0.05, 0.1) is 17.4 Å². The van der Waals surface area contributed by atoms with Crippen LogP contribution in [0.1, 0.15) is 22.8 Å². The van der Waals surface area contributed by atoms with Crippen LogP contribution >= 0.6 is 0 Å². The molecule has 0 unspecified atom stereocenters. The van der Waals surface area contributed by atoms with Crippen molar-refractivity contribution in [1.29, 1.82) is 0 Å². The second-order valence-electron chi connectivity index (χ2n) is 4.65. The number of aromatic carboxylic acids is 1. The van der Waals surface area contributed by atoms with Crippen molar-refractivity contribution in [2.24, 2.45) is 0 Å². The predicted octanol–water partition coefficient (Wildman–Crippen LogP) is 0.976. The van der Waals surface area contributed by atoms with Gasteiger partial charge in [-0.15, -0.1) is 0 Å². The largest absolute Gasteiger partial charge is 0.477 e. The zero-order valence-corrected chi connectivity index (χ0v) is 10.7. The zero-order valence-electron chi connectivity index (χ0n) is 10.7. The van der Waals surface area contributed by atoms with Gasteiger partial charge in [0.15, 0.2) is 11.6 Å². The van der Waals surface area contributed by atoms with E-state index >= 15 is 0 Å². The molecule has 0 radical (unpaired) electrons. The number of carbonyl (C=O) groups is 2. The molecule has 6 nitrogen and oxygen atoms in total. The number of halogens is 2. The quantitative estimate of drug-likeness (QED) is 0.850. The summed E-state index contributed by atoms with van der Waals surface area (Å²) in [5.74, 6) is -4.41. The van der Waals surface area contributed by atoms with Crippen LogP contribution in [-0.4, -0.2) is 21.7 Å². The van der Waals surface area contributed by atoms with Crippen molar-refractivity contribution in [2.45, 2.75) is 13.5 Å². The zero-order chi connectivity index (χ0) is 15.5. The van der Waals surface area contributed by atoms with E-state index in [1.807, 2.05) is 0 Å². The number of aromatic nitrogens is 1. The first-order chi connectivity index (χ1) is 9.82. The van der Waals surface area contributed by atoms with Crippen molar-refractivity contribution in [3.8, 4) is 0 Å². The summed E-state index contributed by atoms with van der Waals surface area (Å²) < 4.78 is 28.5. The second-order valence-corrected chi connectivity index (χ2v) is 4.65. The average Bonchev–Trinajstić information content (AvgIpc) is 2.79. The van der Waals surface area contributed by atoms with Crippen molar-refractivity contribution in [3.05, 3.63) is 45.2 Å². The van der Waals surface area contributed by atoms with E-state index in [9.17, 15) is 23.2 Å². The first-order valence-electron chi connectivity index (χ1n) is 5.91. The number of pyridine rings is 1. The van der Waals surface area contributed by atoms with E-state index in [2.05, 4.69) is 0 Å². The molecule has 8 heteroatoms. The molecule has 0 aliphatic carbocycles. The molecule has 0 saturated carbocycles. The number of benzene rings is 1. The van der Waals surface area contributed by atoms with E-state index in [4.69, 9.17) is 5.11 Å². The van der Waals surface area contributed by atoms with Crippen molar-refractivity contribution in [1.82, 2.24) is 4.68 Å². The molecule has 1 aliphatic heterocycles. The van der Waals surface area contributed by atoms with Crippen LogP contribution in [0, 0.1) is 11.6 Å². The van der Waals surface area contributed by atoms with Crippen LogP contribution in [0.3, 0.4) is 0 Å². The fourth-order valence-electron chi connectivity index (χ4n) is 2.47. The Morgan fingerprint density at radius 2 is 2.00 bits per heavy atom. The van der Waals surface area contributed by atoms with E-state index in [-0.39, 0.29) is 23.0 Å². The van der Waals surface area contributed by atoms with Crippen LogP contribution in [0.2, 0.25) is 0 Å². The fraction of sp³-hybridized carbons (Fsp3) is 0.154. The summed E-state index contributed by atoms with van der Waals surface area (Å²) in [6.07, 6.45) is 0.947. The molecule has 1 aliphatic rings. The highest BCUT2D eigenvalue weighted by atomic mass is 19.2. The lowest BCUT2D eigenvalue weighted by molar-refractivity contribution is -0.118. The molecule has 0 saturated heterocycles. The standard InChI is InChI=1S/C13H8F2N2O4/c1-5(18)16-3-7-10(15)9(14)2-6-11(7)17(16)4-8(12(6)19)13(20)21/h2,4H,3H2,1H3,(H,20,21). The van der Waals surface area contributed by atoms with Crippen LogP contribution in [0.25, 0.3) is 10.9 Å². The molecule has 1 aromatic carbocycles. The number of carbonyl (C=O) groups excluding carboxylic acids is 1. The molecule has 3 rings (SSSR count). The van der Waals surface area contributed by atoms with Gasteiger partial charge in [-0.3, -0.25) is 14.3 Å². The highest BCUT2D eigenvalue weighted by Gasteiger charge is 2.31. The van der Waals surface area contributed by atoms with Crippen LogP contribution in [-0.2, 0) is 11.3 Å². The monoisotopic (exact) mass is 294 g/mol. The molecule has 0 atom stereocenters. The molecule has 108 valence electrons. The highest BCUT2D eigenvalue weighted by Crippen LogP contribution is 2.29. The lowest BCUT2D eigenvalue weighted by Crippen LogP contribution is -2.35. The minimum absolute atomic E-state index is 0.0131. The Morgan fingerprint density at radius 3 is 2.57 bits per heavy atom. The third kappa shape index (κ3) is 1.65. The molecule has 2 aromatic rings. The van der Waals surface area contributed by atoms with Crippen LogP contribution < -0.4 is 10.4 Å². The minimum atomic E-state index is -1.51. The molecule has 1 aromatic heterocycles. The second kappa shape index (κ2) is 4.11. The predicted molar refractivity (Wildman–Crippen MR) is 67.7 cm³/mol. The average molecular weight is 294 g/mol. The lowest BCUT2D eigenvalue weighted by atomic mass is 10.1. The van der Waals surface area contributed by atoms with Gasteiger partial charge >= 0.3 is 5.97 Å². The normalized spacial score (nSPS) is 13.0. The number of rotatable bonds is 1. The van der Waals surface area contributed by atoms with Crippen molar-refractivity contribution >= 4 is 22.8 Å². The lowest BCUT2D eigenvalue weighted by Gasteiger charge is -2.18. The molecule has 1 N–H and O–H groups in total. The minimum Gasteiger partial charge on any atom is -0.477 e. The van der Waals surface area contributed by atoms with Gasteiger partial charge in [-0.2, -0.15) is 0 Å². The maximum atomic E-state index is 13.8. The number of hydrogen-bond donors (Lipinski definition) is 1. The van der Waals surface area contributed by atoms with Gasteiger partial charge in [0.1, 0.15) is 5.56 Å². The number of hydrogen-bond acceptors (Lipinski definition) is 3. The highest BCUT2D eigenvalue weighted by molar-refractivity contribution is 5.97. The molecule has 2 heterocycles. The Balaban J connectivity index is 2.53. The molecule has 1 amide bonds. The van der Waals surface area contributed by atoms with Gasteiger partial charge < -0.3 is 5.11 Å². The van der Waals surface area contributed by atoms with Crippen LogP contribution in [0.5, 0.6) is 0 Å². The summed E-state index contributed by atoms with van der Waals surface area (Å²) in [5.41, 5.74) is -1.67. The fourth-order valence-corrected chi connectivity index (χ4v) is 2.47. The van der Waals surface area contributed by atoms with Crippen molar-refractivity contribution in [3.63, 3.8) is 0 Å². The van der Waals surface area contributed by atoms with Crippen LogP contribution in [0.15, 0.2) is 17.1 Å². The van der Waals surface area contributed by atoms with Gasteiger partial charge in [0, 0.05) is 18.7 Å². The summed E-state index contributed by atoms with van der Waals surface area (Å²) in [6, 6.07) is 0.656. The van der Waals surface area contributed by atoms with E-state index in [1.54, 1.807) is 0 Å². The van der Waals surface area contributed by atoms with Gasteiger partial charge in [0.2, 0.25) is 11.3 Å². The van der Waals surface area contributed by atoms with E-state index < -0.39 is 34.5 Å². The van der Waals surface area contributed by atoms with E-state index in [1.165, 1.54) is 6.92 Å². The summed E-state index contributed by atoms with van der Waals surface area (Å²) in [5, 5.41) is 9.79. The van der Waals surface area contributed by atoms with Gasteiger partial charge in [-0.25, -0.2) is 18.6 Å². The number of nitrogens with zero attached hydrogens (tertiary/aromatic N) is 2. The first-order valence-corrected chi connectivity index (χ1v) is 5.91. The Hall–Kier alpha value is -2.77. The molecular weight excluding hydrogens is 286 g/mol. The third-order valence-electron chi connectivity index (χ3n) is 3.42. The van der Waals surface area contributed by atoms with Crippen molar-refractivity contribution < 1.29 is 23.5 Å². The summed E-state index contributed by atoms with van der Waals surface area (Å²) in [6.45, 7) is 0.933. The maximum Gasteiger partial charge on any atom is 0.341 e. The molecular formula is C13H8F2N2O4. The topological polar surface area (TPSA) is 79.6 Å². The van der Waals surface area contributed by atoms with Crippen molar-refractivity contribution in [2.75, 3.05) is 5.01 Å². The third-order valence-corrected chi connectivity index (χ3v) is 3.42. The Kier molecular flexibility index (Phi) is 2.59. The van der Waals surface area contributed by atoms with Gasteiger partial charge in [0.25, 0.3) is 0 Å². The maximum absolute atomic E-state index is 13.8. The van der Waals surface area contributed by atoms with E-state index in [0.29, 0.717) is 6.07 Å². The summed E-state index contributed by atoms with van der Waals surface area (Å²) >= 11 is 0. The number of amides is 1. The Morgan fingerprint density at radius 1 is 1.33 bits per heavy atom. The van der Waals surface area contributed by atoms with Gasteiger partial charge in [-0.1, -0.05) is 0 Å². The van der Waals surface area contributed by atoms with Crippen LogP contribution in [0.4, 0.5) is 8.78 Å². The summed E-state index contributed by atoms with van der Waals surface area (Å²) in [4.78, 5) is 34.7. The molecule has 0 bridgehead atoms. The number of carboxylic acids is 1. The molecule has 21 heavy (non-hydrogen) atoms. The first kappa shape index (κ1) is 13.2. The summed E-state index contributed by atoms with van der Waals surface area (Å²) in [7, 11) is 0. The Bertz CT molecular complexity index is 888. The van der Waals surface area contributed by atoms with E-state index in [0.717, 1.165) is 15.9 Å². The number of carboxylic acid groups (broad SMARTS) is 1. The molecule has 0 fully saturated rings. The SMILES string of the molecule is CC(=O)N1Cc2c(F)c(F)cc3c(=O)c(C(=O)O)cn1c23. The smallest absolute Gasteiger partial charge is 0.341 e.